The summed E-state index contributed by atoms with van der Waals surface area (Å²) in [6.07, 6.45) is 3.11. The minimum Gasteiger partial charge on any atom is -0.332 e. The lowest BCUT2D eigenvalue weighted by Gasteiger charge is -2.27. The topological polar surface area (TPSA) is 46.1 Å². The van der Waals surface area contributed by atoms with Crippen molar-refractivity contribution in [3.05, 3.63) is 22.7 Å². The molecule has 2 unspecified atom stereocenters. The highest BCUT2D eigenvalue weighted by molar-refractivity contribution is 6.28. The summed E-state index contributed by atoms with van der Waals surface area (Å²) in [7, 11) is 0. The fraction of sp³-hybridized carbons (Fsp3) is 0.615. The fourth-order valence-corrected chi connectivity index (χ4v) is 2.84. The Morgan fingerprint density at radius 2 is 2.22 bits per heavy atom. The molecule has 1 fully saturated rings. The Balaban J connectivity index is 2.29. The Bertz CT molecular complexity index is 443. The van der Waals surface area contributed by atoms with Crippen LogP contribution < -0.4 is 0 Å². The molecule has 0 spiro atoms. The first-order valence-corrected chi connectivity index (χ1v) is 6.74. The minimum absolute atomic E-state index is 0.0285. The predicted molar refractivity (Wildman–Crippen MR) is 70.7 cm³/mol. The van der Waals surface area contributed by atoms with Crippen LogP contribution in [0.1, 0.15) is 49.3 Å². The molecule has 98 valence electrons. The van der Waals surface area contributed by atoms with Crippen LogP contribution in [0.5, 0.6) is 0 Å². The predicted octanol–water partition coefficient (Wildman–Crippen LogP) is 2.84. The van der Waals surface area contributed by atoms with Crippen molar-refractivity contribution in [2.45, 2.75) is 52.1 Å². The first-order chi connectivity index (χ1) is 8.52. The lowest BCUT2D eigenvalue weighted by Crippen LogP contribution is -2.40. The molecule has 2 heterocycles. The van der Waals surface area contributed by atoms with Crippen molar-refractivity contribution < 1.29 is 4.79 Å². The second kappa shape index (κ2) is 5.22. The summed E-state index contributed by atoms with van der Waals surface area (Å²) in [5.41, 5.74) is 1.12. The van der Waals surface area contributed by atoms with E-state index in [0.29, 0.717) is 11.7 Å². The second-order valence-corrected chi connectivity index (χ2v) is 5.20. The van der Waals surface area contributed by atoms with E-state index in [9.17, 15) is 4.79 Å². The first-order valence-electron chi connectivity index (χ1n) is 6.36. The van der Waals surface area contributed by atoms with Gasteiger partial charge in [-0.05, 0) is 50.8 Å². The van der Waals surface area contributed by atoms with Crippen molar-refractivity contribution in [1.29, 1.82) is 0 Å². The number of amides is 1. The van der Waals surface area contributed by atoms with Crippen molar-refractivity contribution in [3.8, 4) is 0 Å². The number of aryl methyl sites for hydroxylation is 1. The van der Waals surface area contributed by atoms with E-state index in [4.69, 9.17) is 11.6 Å². The Morgan fingerprint density at radius 3 is 2.83 bits per heavy atom. The monoisotopic (exact) mass is 267 g/mol. The van der Waals surface area contributed by atoms with Crippen molar-refractivity contribution >= 4 is 17.5 Å². The molecular weight excluding hydrogens is 250 g/mol. The quantitative estimate of drug-likeness (QED) is 0.774. The van der Waals surface area contributed by atoms with Crippen LogP contribution in [0.15, 0.2) is 6.07 Å². The van der Waals surface area contributed by atoms with E-state index >= 15 is 0 Å². The van der Waals surface area contributed by atoms with Crippen LogP contribution >= 0.6 is 11.6 Å². The number of nitrogens with zero attached hydrogens (tertiary/aromatic N) is 3. The molecule has 0 bridgehead atoms. The van der Waals surface area contributed by atoms with Gasteiger partial charge >= 0.3 is 0 Å². The zero-order chi connectivity index (χ0) is 13.3. The number of halogens is 1. The molecule has 1 amide bonds. The second-order valence-electron chi connectivity index (χ2n) is 4.86. The summed E-state index contributed by atoms with van der Waals surface area (Å²) >= 11 is 5.81. The van der Waals surface area contributed by atoms with Crippen LogP contribution in [0.2, 0.25) is 5.28 Å². The molecule has 1 aromatic rings. The van der Waals surface area contributed by atoms with Gasteiger partial charge in [-0.15, -0.1) is 0 Å². The molecule has 4 nitrogen and oxygen atoms in total. The third kappa shape index (κ3) is 2.48. The van der Waals surface area contributed by atoms with Gasteiger partial charge in [0.2, 0.25) is 5.28 Å². The molecule has 1 aromatic heterocycles. The Hall–Kier alpha value is -1.16. The van der Waals surface area contributed by atoms with Gasteiger partial charge in [0.25, 0.3) is 5.91 Å². The van der Waals surface area contributed by atoms with Crippen LogP contribution in [-0.2, 0) is 0 Å². The average Bonchev–Trinajstić information content (AvgIpc) is 2.68. The Morgan fingerprint density at radius 1 is 1.50 bits per heavy atom. The number of likely N-dealkylation sites (tertiary alicyclic amines) is 1. The molecule has 1 aliphatic rings. The number of aromatic nitrogens is 2. The standard InChI is InChI=1S/C13H18ClN3O/c1-4-10-6-5-9(3)17(10)12(18)11-7-8(2)15-13(14)16-11/h7,9-10H,4-6H2,1-3H3. The normalized spacial score (nSPS) is 23.4. The highest BCUT2D eigenvalue weighted by atomic mass is 35.5. The number of carbonyl (C=O) groups excluding carboxylic acids is 1. The number of rotatable bonds is 2. The van der Waals surface area contributed by atoms with E-state index in [0.717, 1.165) is 25.0 Å². The molecule has 1 saturated heterocycles. The Kier molecular flexibility index (Phi) is 3.85. The van der Waals surface area contributed by atoms with Gasteiger partial charge in [-0.25, -0.2) is 9.97 Å². The van der Waals surface area contributed by atoms with E-state index in [2.05, 4.69) is 23.8 Å². The number of carbonyl (C=O) groups is 1. The summed E-state index contributed by atoms with van der Waals surface area (Å²) in [4.78, 5) is 22.5. The molecule has 5 heteroatoms. The van der Waals surface area contributed by atoms with E-state index in [1.807, 2.05) is 11.8 Å². The van der Waals surface area contributed by atoms with E-state index in [1.165, 1.54) is 0 Å². The molecule has 0 radical (unpaired) electrons. The van der Waals surface area contributed by atoms with Crippen molar-refractivity contribution in [2.75, 3.05) is 0 Å². The zero-order valence-corrected chi connectivity index (χ0v) is 11.7. The van der Waals surface area contributed by atoms with Gasteiger partial charge < -0.3 is 4.90 Å². The van der Waals surface area contributed by atoms with Gasteiger partial charge in [-0.3, -0.25) is 4.79 Å². The first kappa shape index (κ1) is 13.3. The molecule has 18 heavy (non-hydrogen) atoms. The van der Waals surface area contributed by atoms with Crippen molar-refractivity contribution in [1.82, 2.24) is 14.9 Å². The lowest BCUT2D eigenvalue weighted by atomic mass is 10.1. The number of hydrogen-bond donors (Lipinski definition) is 0. The van der Waals surface area contributed by atoms with Crippen molar-refractivity contribution in [3.63, 3.8) is 0 Å². The largest absolute Gasteiger partial charge is 0.332 e. The molecule has 0 aromatic carbocycles. The zero-order valence-electron chi connectivity index (χ0n) is 11.0. The van der Waals surface area contributed by atoms with Crippen LogP contribution in [0.3, 0.4) is 0 Å². The molecule has 2 atom stereocenters. The van der Waals surface area contributed by atoms with E-state index in [-0.39, 0.29) is 17.2 Å². The molecule has 0 N–H and O–H groups in total. The maximum absolute atomic E-state index is 12.5. The fourth-order valence-electron chi connectivity index (χ4n) is 2.61. The van der Waals surface area contributed by atoms with Gasteiger partial charge in [0.15, 0.2) is 0 Å². The van der Waals surface area contributed by atoms with Gasteiger partial charge in [0.1, 0.15) is 5.69 Å². The summed E-state index contributed by atoms with van der Waals surface area (Å²) in [6, 6.07) is 2.30. The summed E-state index contributed by atoms with van der Waals surface area (Å²) < 4.78 is 0. The highest BCUT2D eigenvalue weighted by Crippen LogP contribution is 2.27. The molecule has 2 rings (SSSR count). The lowest BCUT2D eigenvalue weighted by molar-refractivity contribution is 0.0670. The molecule has 0 aliphatic carbocycles. The summed E-state index contributed by atoms with van der Waals surface area (Å²) in [6.45, 7) is 6.01. The minimum atomic E-state index is -0.0285. The van der Waals surface area contributed by atoms with Crippen molar-refractivity contribution in [2.24, 2.45) is 0 Å². The molecule has 0 saturated carbocycles. The third-order valence-electron chi connectivity index (χ3n) is 3.54. The van der Waals surface area contributed by atoms with Crippen LogP contribution in [-0.4, -0.2) is 32.9 Å². The maximum atomic E-state index is 12.5. The molecular formula is C13H18ClN3O. The van der Waals surface area contributed by atoms with Gasteiger partial charge in [0.05, 0.1) is 0 Å². The van der Waals surface area contributed by atoms with Crippen LogP contribution in [0, 0.1) is 6.92 Å². The van der Waals surface area contributed by atoms with E-state index in [1.54, 1.807) is 6.07 Å². The van der Waals surface area contributed by atoms with Gasteiger partial charge in [-0.2, -0.15) is 0 Å². The highest BCUT2D eigenvalue weighted by Gasteiger charge is 2.34. The number of hydrogen-bond acceptors (Lipinski definition) is 3. The maximum Gasteiger partial charge on any atom is 0.273 e. The molecule has 1 aliphatic heterocycles. The SMILES string of the molecule is CCC1CCC(C)N1C(=O)c1cc(C)nc(Cl)n1. The van der Waals surface area contributed by atoms with Crippen LogP contribution in [0.4, 0.5) is 0 Å². The van der Waals surface area contributed by atoms with E-state index < -0.39 is 0 Å². The third-order valence-corrected chi connectivity index (χ3v) is 3.71. The summed E-state index contributed by atoms with van der Waals surface area (Å²) in [5.74, 6) is -0.0285. The smallest absolute Gasteiger partial charge is 0.273 e. The van der Waals surface area contributed by atoms with Crippen LogP contribution in [0.25, 0.3) is 0 Å². The Labute approximate surface area is 112 Å². The summed E-state index contributed by atoms with van der Waals surface area (Å²) in [5, 5.41) is 0.137. The van der Waals surface area contributed by atoms with Gasteiger partial charge in [-0.1, -0.05) is 6.92 Å². The average molecular weight is 268 g/mol. The van der Waals surface area contributed by atoms with Gasteiger partial charge in [0, 0.05) is 17.8 Å².